The van der Waals surface area contributed by atoms with Crippen molar-refractivity contribution in [1.82, 2.24) is 13.7 Å². The molecule has 5 rings (SSSR count). The average Bonchev–Trinajstić information content (AvgIpc) is 3.22. The number of para-hydroxylation sites is 1. The number of ether oxygens (including phenoxy) is 1. The summed E-state index contributed by atoms with van der Waals surface area (Å²) >= 11 is 1.40. The van der Waals surface area contributed by atoms with Crippen LogP contribution in [0.5, 0.6) is 0 Å². The Hall–Kier alpha value is -3.08. The fraction of sp³-hybridized carbons (Fsp3) is 0.261. The zero-order valence-electron chi connectivity index (χ0n) is 17.6. The van der Waals surface area contributed by atoms with Crippen LogP contribution >= 0.6 is 11.3 Å². The van der Waals surface area contributed by atoms with Crippen molar-refractivity contribution in [3.8, 4) is 0 Å². The van der Waals surface area contributed by atoms with Crippen molar-refractivity contribution >= 4 is 42.5 Å². The Morgan fingerprint density at radius 1 is 1.06 bits per heavy atom. The van der Waals surface area contributed by atoms with E-state index >= 15 is 0 Å². The van der Waals surface area contributed by atoms with E-state index in [2.05, 4.69) is 4.98 Å². The highest BCUT2D eigenvalue weighted by atomic mass is 32.2. The van der Waals surface area contributed by atoms with Crippen LogP contribution < -0.4 is 5.56 Å². The molecule has 0 atom stereocenters. The second-order valence-corrected chi connectivity index (χ2v) is 10.8. The van der Waals surface area contributed by atoms with Crippen LogP contribution in [-0.2, 0) is 26.2 Å². The molecule has 0 amide bonds. The largest absolute Gasteiger partial charge is 0.459 e. The molecule has 0 aliphatic carbocycles. The molecule has 8 nitrogen and oxygen atoms in total. The summed E-state index contributed by atoms with van der Waals surface area (Å²) in [5.74, 6) is -0.786. The molecule has 1 aliphatic rings. The summed E-state index contributed by atoms with van der Waals surface area (Å²) < 4.78 is 34.8. The zero-order chi connectivity index (χ0) is 23.0. The number of nitrogens with zero attached hydrogens (tertiary/aromatic N) is 3. The van der Waals surface area contributed by atoms with Gasteiger partial charge in [-0.2, -0.15) is 4.31 Å². The van der Waals surface area contributed by atoms with Gasteiger partial charge < -0.3 is 4.74 Å². The number of sulfonamides is 1. The minimum Gasteiger partial charge on any atom is -0.459 e. The lowest BCUT2D eigenvalue weighted by Gasteiger charge is -2.30. The highest BCUT2D eigenvalue weighted by Crippen LogP contribution is 2.26. The van der Waals surface area contributed by atoms with Gasteiger partial charge in [0.1, 0.15) is 6.61 Å². The number of benzene rings is 2. The standard InChI is InChI=1S/C23H21N3O5S2/c27-21-14-17(24-23-26(21)19-8-4-5-9-20(19)32-23)15-31-22(28)16-10-12-25(13-11-16)33(29,30)18-6-2-1-3-7-18/h1-9,14,16H,10-13,15H2. The summed E-state index contributed by atoms with van der Waals surface area (Å²) in [5.41, 5.74) is 0.975. The number of rotatable bonds is 5. The summed E-state index contributed by atoms with van der Waals surface area (Å²) in [5, 5.41) is 0. The lowest BCUT2D eigenvalue weighted by Crippen LogP contribution is -2.40. The smallest absolute Gasteiger partial charge is 0.309 e. The minimum atomic E-state index is -3.57. The molecule has 10 heteroatoms. The molecule has 2 aromatic carbocycles. The van der Waals surface area contributed by atoms with E-state index < -0.39 is 16.0 Å². The van der Waals surface area contributed by atoms with Gasteiger partial charge >= 0.3 is 5.97 Å². The average molecular weight is 484 g/mol. The van der Waals surface area contributed by atoms with Crippen LogP contribution in [0.1, 0.15) is 18.5 Å². The quantitative estimate of drug-likeness (QED) is 0.405. The topological polar surface area (TPSA) is 98.1 Å². The SMILES string of the molecule is O=C(OCc1cc(=O)n2c(n1)sc1ccccc12)C1CCN(S(=O)(=O)c2ccccc2)CC1. The molecule has 0 unspecified atom stereocenters. The van der Waals surface area contributed by atoms with Crippen LogP contribution in [0.2, 0.25) is 0 Å². The van der Waals surface area contributed by atoms with E-state index in [1.807, 2.05) is 24.3 Å². The Kier molecular flexibility index (Phi) is 5.73. The predicted octanol–water partition coefficient (Wildman–Crippen LogP) is 3.05. The zero-order valence-corrected chi connectivity index (χ0v) is 19.2. The fourth-order valence-electron chi connectivity index (χ4n) is 4.03. The molecule has 1 saturated heterocycles. The number of thiazole rings is 1. The number of hydrogen-bond acceptors (Lipinski definition) is 7. The second-order valence-electron chi connectivity index (χ2n) is 7.87. The maximum atomic E-state index is 12.7. The maximum Gasteiger partial charge on any atom is 0.309 e. The van der Waals surface area contributed by atoms with Crippen molar-refractivity contribution in [3.05, 3.63) is 76.7 Å². The van der Waals surface area contributed by atoms with Gasteiger partial charge in [0.15, 0.2) is 4.96 Å². The van der Waals surface area contributed by atoms with Gasteiger partial charge in [-0.3, -0.25) is 14.0 Å². The first kappa shape index (κ1) is 21.7. The van der Waals surface area contributed by atoms with Gasteiger partial charge in [-0.05, 0) is 37.1 Å². The lowest BCUT2D eigenvalue weighted by molar-refractivity contribution is -0.151. The minimum absolute atomic E-state index is 0.0959. The predicted molar refractivity (Wildman–Crippen MR) is 125 cm³/mol. The van der Waals surface area contributed by atoms with Crippen molar-refractivity contribution in [2.75, 3.05) is 13.1 Å². The third-order valence-electron chi connectivity index (χ3n) is 5.78. The normalized spacial score (nSPS) is 15.8. The molecule has 0 radical (unpaired) electrons. The van der Waals surface area contributed by atoms with E-state index in [9.17, 15) is 18.0 Å². The summed E-state index contributed by atoms with van der Waals surface area (Å²) in [6.45, 7) is 0.413. The monoisotopic (exact) mass is 483 g/mol. The third-order valence-corrected chi connectivity index (χ3v) is 8.71. The molecule has 2 aromatic heterocycles. The van der Waals surface area contributed by atoms with Gasteiger partial charge in [-0.15, -0.1) is 0 Å². The Balaban J connectivity index is 1.23. The third kappa shape index (κ3) is 4.17. The summed E-state index contributed by atoms with van der Waals surface area (Å²) in [6, 6.07) is 17.2. The number of hydrogen-bond donors (Lipinski definition) is 0. The number of fused-ring (bicyclic) bond motifs is 3. The molecule has 1 aliphatic heterocycles. The molecule has 0 N–H and O–H groups in total. The van der Waals surface area contributed by atoms with Crippen molar-refractivity contribution in [2.45, 2.75) is 24.3 Å². The molecular formula is C23H21N3O5S2. The number of carbonyl (C=O) groups excluding carboxylic acids is 1. The van der Waals surface area contributed by atoms with Crippen molar-refractivity contribution in [2.24, 2.45) is 5.92 Å². The van der Waals surface area contributed by atoms with E-state index in [-0.39, 0.29) is 36.1 Å². The molecular weight excluding hydrogens is 462 g/mol. The van der Waals surface area contributed by atoms with Crippen molar-refractivity contribution in [3.63, 3.8) is 0 Å². The van der Waals surface area contributed by atoms with E-state index in [0.29, 0.717) is 23.5 Å². The summed E-state index contributed by atoms with van der Waals surface area (Å²) in [6.07, 6.45) is 0.770. The van der Waals surface area contributed by atoms with E-state index in [1.54, 1.807) is 34.7 Å². The Morgan fingerprint density at radius 3 is 2.52 bits per heavy atom. The highest BCUT2D eigenvalue weighted by molar-refractivity contribution is 7.89. The molecule has 4 aromatic rings. The van der Waals surface area contributed by atoms with Gasteiger partial charge in [0, 0.05) is 19.2 Å². The van der Waals surface area contributed by atoms with Crippen LogP contribution in [0.15, 0.2) is 70.4 Å². The van der Waals surface area contributed by atoms with E-state index in [1.165, 1.54) is 21.7 Å². The first-order chi connectivity index (χ1) is 15.9. The van der Waals surface area contributed by atoms with Gasteiger partial charge in [-0.25, -0.2) is 13.4 Å². The van der Waals surface area contributed by atoms with E-state index in [4.69, 9.17) is 4.74 Å². The molecule has 33 heavy (non-hydrogen) atoms. The Bertz CT molecular complexity index is 1490. The van der Waals surface area contributed by atoms with Gasteiger partial charge in [-0.1, -0.05) is 41.7 Å². The van der Waals surface area contributed by atoms with Crippen LogP contribution in [0.4, 0.5) is 0 Å². The van der Waals surface area contributed by atoms with Gasteiger partial charge in [0.2, 0.25) is 10.0 Å². The van der Waals surface area contributed by atoms with Crippen molar-refractivity contribution in [1.29, 1.82) is 0 Å². The highest BCUT2D eigenvalue weighted by Gasteiger charge is 2.32. The van der Waals surface area contributed by atoms with Crippen LogP contribution in [0.3, 0.4) is 0 Å². The molecule has 170 valence electrons. The summed E-state index contributed by atoms with van der Waals surface area (Å²) in [4.78, 5) is 30.5. The van der Waals surface area contributed by atoms with Crippen molar-refractivity contribution < 1.29 is 17.9 Å². The molecule has 0 spiro atoms. The van der Waals surface area contributed by atoms with Gasteiger partial charge in [0.25, 0.3) is 5.56 Å². The second kappa shape index (κ2) is 8.69. The number of esters is 1. The number of carbonyl (C=O) groups is 1. The Labute approximate surface area is 194 Å². The maximum absolute atomic E-state index is 12.7. The molecule has 3 heterocycles. The fourth-order valence-corrected chi connectivity index (χ4v) is 6.57. The molecule has 0 bridgehead atoms. The number of piperidine rings is 1. The first-order valence-corrected chi connectivity index (χ1v) is 12.8. The molecule has 0 saturated carbocycles. The van der Waals surface area contributed by atoms with Crippen LogP contribution in [0, 0.1) is 5.92 Å². The first-order valence-electron chi connectivity index (χ1n) is 10.6. The Morgan fingerprint density at radius 2 is 1.76 bits per heavy atom. The van der Waals surface area contributed by atoms with Gasteiger partial charge in [0.05, 0.1) is 26.7 Å². The lowest BCUT2D eigenvalue weighted by atomic mass is 9.98. The number of aromatic nitrogens is 2. The van der Waals surface area contributed by atoms with Crippen LogP contribution in [0.25, 0.3) is 15.2 Å². The van der Waals surface area contributed by atoms with Crippen LogP contribution in [-0.4, -0.2) is 41.2 Å². The molecule has 1 fully saturated rings. The van der Waals surface area contributed by atoms with E-state index in [0.717, 1.165) is 10.2 Å². The summed E-state index contributed by atoms with van der Waals surface area (Å²) in [7, 11) is -3.57.